The normalized spacial score (nSPS) is 16.5. The highest BCUT2D eigenvalue weighted by Gasteiger charge is 2.20. The first-order chi connectivity index (χ1) is 10.3. The Morgan fingerprint density at radius 1 is 0.591 bits per heavy atom. The van der Waals surface area contributed by atoms with Gasteiger partial charge in [-0.15, -0.1) is 0 Å². The monoisotopic (exact) mass is 310 g/mol. The van der Waals surface area contributed by atoms with Crippen LogP contribution in [-0.4, -0.2) is 21.4 Å². The molecule has 0 saturated carbocycles. The molecule has 2 heteroatoms. The van der Waals surface area contributed by atoms with E-state index in [4.69, 9.17) is 0 Å². The van der Waals surface area contributed by atoms with E-state index in [1.165, 1.54) is 38.5 Å². The summed E-state index contributed by atoms with van der Waals surface area (Å²) in [5.74, 6) is 5.80. The smallest absolute Gasteiger partial charge is 0.122 e. The molecule has 0 amide bonds. The van der Waals surface area contributed by atoms with E-state index < -0.39 is 11.2 Å². The van der Waals surface area contributed by atoms with Gasteiger partial charge < -0.3 is 10.2 Å². The Labute approximate surface area is 138 Å². The molecule has 0 aromatic heterocycles. The number of hydrogen-bond donors (Lipinski definition) is 2. The van der Waals surface area contributed by atoms with Gasteiger partial charge in [-0.25, -0.2) is 0 Å². The van der Waals surface area contributed by atoms with Gasteiger partial charge >= 0.3 is 0 Å². The fraction of sp³-hybridized carbons (Fsp3) is 0.900. The van der Waals surface area contributed by atoms with E-state index in [2.05, 4.69) is 25.7 Å². The first-order valence-electron chi connectivity index (χ1n) is 9.32. The van der Waals surface area contributed by atoms with Gasteiger partial charge in [-0.2, -0.15) is 0 Å². The molecule has 0 spiro atoms. The van der Waals surface area contributed by atoms with Crippen molar-refractivity contribution in [3.8, 4) is 11.8 Å². The van der Waals surface area contributed by atoms with Crippen molar-refractivity contribution in [2.45, 2.75) is 116 Å². The van der Waals surface area contributed by atoms with Crippen molar-refractivity contribution in [3.05, 3.63) is 0 Å². The van der Waals surface area contributed by atoms with E-state index in [0.717, 1.165) is 25.7 Å². The summed E-state index contributed by atoms with van der Waals surface area (Å²) in [5, 5.41) is 20.6. The highest BCUT2D eigenvalue weighted by Crippen LogP contribution is 2.18. The van der Waals surface area contributed by atoms with Crippen molar-refractivity contribution in [1.82, 2.24) is 0 Å². The Morgan fingerprint density at radius 3 is 1.23 bits per heavy atom. The second kappa shape index (κ2) is 12.0. The summed E-state index contributed by atoms with van der Waals surface area (Å²) in [6.07, 6.45) is 13.1. The number of hydrogen-bond acceptors (Lipinski definition) is 2. The zero-order valence-corrected chi connectivity index (χ0v) is 15.4. The zero-order chi connectivity index (χ0) is 16.9. The molecule has 2 nitrogen and oxygen atoms in total. The van der Waals surface area contributed by atoms with Crippen molar-refractivity contribution < 1.29 is 10.2 Å². The van der Waals surface area contributed by atoms with Gasteiger partial charge in [0.25, 0.3) is 0 Å². The van der Waals surface area contributed by atoms with Crippen LogP contribution in [0.25, 0.3) is 0 Å². The lowest BCUT2D eigenvalue weighted by Gasteiger charge is -2.20. The van der Waals surface area contributed by atoms with E-state index in [1.807, 2.05) is 0 Å². The van der Waals surface area contributed by atoms with Crippen molar-refractivity contribution in [2.75, 3.05) is 0 Å². The molecular formula is C20H38O2. The molecule has 0 aromatic carbocycles. The summed E-state index contributed by atoms with van der Waals surface area (Å²) in [6, 6.07) is 0. The second-order valence-corrected chi connectivity index (χ2v) is 7.13. The quantitative estimate of drug-likeness (QED) is 0.383. The van der Waals surface area contributed by atoms with E-state index >= 15 is 0 Å². The maximum absolute atomic E-state index is 10.3. The van der Waals surface area contributed by atoms with Crippen LogP contribution in [0.5, 0.6) is 0 Å². The topological polar surface area (TPSA) is 40.5 Å². The number of rotatable bonds is 12. The van der Waals surface area contributed by atoms with Crippen LogP contribution in [0.2, 0.25) is 0 Å². The van der Waals surface area contributed by atoms with Crippen molar-refractivity contribution in [2.24, 2.45) is 0 Å². The Kier molecular flexibility index (Phi) is 11.7. The van der Waals surface area contributed by atoms with Crippen molar-refractivity contribution in [3.63, 3.8) is 0 Å². The number of unbranched alkanes of at least 4 members (excludes halogenated alkanes) is 8. The van der Waals surface area contributed by atoms with Gasteiger partial charge in [-0.05, 0) is 39.5 Å². The lowest BCUT2D eigenvalue weighted by Crippen LogP contribution is -2.26. The molecule has 130 valence electrons. The summed E-state index contributed by atoms with van der Waals surface area (Å²) >= 11 is 0. The van der Waals surface area contributed by atoms with Gasteiger partial charge in [0.2, 0.25) is 0 Å². The molecule has 2 N–H and O–H groups in total. The van der Waals surface area contributed by atoms with E-state index in [0.29, 0.717) is 12.8 Å². The fourth-order valence-electron chi connectivity index (χ4n) is 2.54. The number of aliphatic hydroxyl groups is 2. The Bertz CT molecular complexity index is 290. The summed E-state index contributed by atoms with van der Waals surface area (Å²) in [7, 11) is 0. The molecule has 0 aromatic rings. The van der Waals surface area contributed by atoms with E-state index in [1.54, 1.807) is 13.8 Å². The molecule has 0 unspecified atom stereocenters. The third-order valence-electron chi connectivity index (χ3n) is 4.14. The molecular weight excluding hydrogens is 272 g/mol. The minimum Gasteiger partial charge on any atom is -0.378 e. The third kappa shape index (κ3) is 13.2. The van der Waals surface area contributed by atoms with Crippen molar-refractivity contribution in [1.29, 1.82) is 0 Å². The summed E-state index contributed by atoms with van der Waals surface area (Å²) in [5.41, 5.74) is -1.95. The average Bonchev–Trinajstić information content (AvgIpc) is 2.45. The predicted octanol–water partition coefficient (Wildman–Crippen LogP) is 5.21. The zero-order valence-electron chi connectivity index (χ0n) is 15.4. The fourth-order valence-corrected chi connectivity index (χ4v) is 2.54. The van der Waals surface area contributed by atoms with Crippen LogP contribution >= 0.6 is 0 Å². The standard InChI is InChI=1S/C20H38O2/c1-5-7-9-11-13-15-19(3,21)17-18-20(4,22)16-14-12-10-8-6-2/h21-22H,5-16H2,1-4H3/t19-,20-/m1/s1. The molecule has 0 heterocycles. The maximum atomic E-state index is 10.3. The maximum Gasteiger partial charge on any atom is 0.122 e. The first-order valence-corrected chi connectivity index (χ1v) is 9.32. The van der Waals surface area contributed by atoms with Crippen LogP contribution in [0.3, 0.4) is 0 Å². The summed E-state index contributed by atoms with van der Waals surface area (Å²) in [6.45, 7) is 7.92. The first kappa shape index (κ1) is 21.5. The van der Waals surface area contributed by atoms with Crippen LogP contribution in [-0.2, 0) is 0 Å². The minimum atomic E-state index is -0.974. The van der Waals surface area contributed by atoms with Gasteiger partial charge in [0.15, 0.2) is 0 Å². The molecule has 0 bridgehead atoms. The largest absolute Gasteiger partial charge is 0.378 e. The van der Waals surface area contributed by atoms with E-state index in [-0.39, 0.29) is 0 Å². The van der Waals surface area contributed by atoms with Gasteiger partial charge in [-0.1, -0.05) is 77.1 Å². The highest BCUT2D eigenvalue weighted by atomic mass is 16.3. The van der Waals surface area contributed by atoms with Gasteiger partial charge in [0.1, 0.15) is 11.2 Å². The van der Waals surface area contributed by atoms with E-state index in [9.17, 15) is 10.2 Å². The lowest BCUT2D eigenvalue weighted by atomic mass is 9.94. The summed E-state index contributed by atoms with van der Waals surface area (Å²) < 4.78 is 0. The van der Waals surface area contributed by atoms with Crippen LogP contribution < -0.4 is 0 Å². The van der Waals surface area contributed by atoms with Gasteiger partial charge in [0.05, 0.1) is 0 Å². The molecule has 0 radical (unpaired) electrons. The molecule has 0 fully saturated rings. The highest BCUT2D eigenvalue weighted by molar-refractivity contribution is 5.19. The SMILES string of the molecule is CCCCCCC[C@@](C)(O)C#C[C@](C)(O)CCCCCCC. The lowest BCUT2D eigenvalue weighted by molar-refractivity contribution is 0.0968. The Morgan fingerprint density at radius 2 is 0.909 bits per heavy atom. The molecule has 0 aliphatic rings. The molecule has 0 aliphatic heterocycles. The Balaban J connectivity index is 4.07. The van der Waals surface area contributed by atoms with Gasteiger partial charge in [-0.3, -0.25) is 0 Å². The molecule has 0 rings (SSSR count). The third-order valence-corrected chi connectivity index (χ3v) is 4.14. The van der Waals surface area contributed by atoms with Crippen LogP contribution in [0.1, 0.15) is 105 Å². The second-order valence-electron chi connectivity index (χ2n) is 7.13. The molecule has 2 atom stereocenters. The van der Waals surface area contributed by atoms with Gasteiger partial charge in [0, 0.05) is 0 Å². The molecule has 0 saturated heterocycles. The average molecular weight is 311 g/mol. The van der Waals surface area contributed by atoms with Crippen LogP contribution in [0, 0.1) is 11.8 Å². The molecule has 0 aliphatic carbocycles. The Hall–Kier alpha value is -0.520. The summed E-state index contributed by atoms with van der Waals surface area (Å²) in [4.78, 5) is 0. The predicted molar refractivity (Wildman–Crippen MR) is 95.8 cm³/mol. The molecule has 22 heavy (non-hydrogen) atoms. The van der Waals surface area contributed by atoms with Crippen molar-refractivity contribution >= 4 is 0 Å². The van der Waals surface area contributed by atoms with Crippen LogP contribution in [0.15, 0.2) is 0 Å². The minimum absolute atomic E-state index is 0.691. The van der Waals surface area contributed by atoms with Crippen LogP contribution in [0.4, 0.5) is 0 Å².